The van der Waals surface area contributed by atoms with Gasteiger partial charge in [0.1, 0.15) is 5.00 Å². The first-order valence-corrected chi connectivity index (χ1v) is 11.6. The Balaban J connectivity index is 2.56. The molecule has 0 aliphatic heterocycles. The quantitative estimate of drug-likeness (QED) is 0.149. The molecule has 0 saturated carbocycles. The van der Waals surface area contributed by atoms with Gasteiger partial charge >= 0.3 is 58.7 Å². The van der Waals surface area contributed by atoms with Crippen LogP contribution in [0.2, 0.25) is 0 Å². The Morgan fingerprint density at radius 2 is 1.20 bits per heavy atom. The molecule has 236 valence electrons. The van der Waals surface area contributed by atoms with Crippen molar-refractivity contribution < 1.29 is 84.6 Å². The smallest absolute Gasteiger partial charge is 0.393 e. The zero-order valence-corrected chi connectivity index (χ0v) is 21.0. The van der Waals surface area contributed by atoms with Crippen molar-refractivity contribution in [2.45, 2.75) is 73.0 Å². The van der Waals surface area contributed by atoms with E-state index >= 15 is 0 Å². The molecule has 22 heteroatoms. The Morgan fingerprint density at radius 1 is 0.756 bits per heavy atom. The maximum atomic E-state index is 14.3. The van der Waals surface area contributed by atoms with Gasteiger partial charge in [-0.2, -0.15) is 70.2 Å². The number of esters is 1. The number of hydrogen-bond donors (Lipinski definition) is 1. The van der Waals surface area contributed by atoms with Crippen molar-refractivity contribution in [1.29, 1.82) is 0 Å². The number of amides is 1. The van der Waals surface area contributed by atoms with Crippen LogP contribution in [0, 0.1) is 0 Å². The minimum absolute atomic E-state index is 0.0297. The van der Waals surface area contributed by atoms with Crippen molar-refractivity contribution in [3.63, 3.8) is 0 Å². The summed E-state index contributed by atoms with van der Waals surface area (Å²) in [7, 11) is 0. The van der Waals surface area contributed by atoms with Crippen LogP contribution >= 0.6 is 22.9 Å². The number of aryl methyl sites for hydroxylation is 1. The average Bonchev–Trinajstić information content (AvgIpc) is 3.38. The minimum atomic E-state index is -8.69. The number of thiophene rings is 1. The fraction of sp³-hybridized carbons (Fsp3) is 0.684. The molecule has 1 heterocycles. The molecule has 1 aromatic rings. The second-order valence-electron chi connectivity index (χ2n) is 8.25. The summed E-state index contributed by atoms with van der Waals surface area (Å²) in [5, 5.41) is -7.10. The SMILES string of the molecule is CCOC(=O)c1c(NC(=O)C(F)(F)C(F)(F)C(F)(F)C(F)(F)C(F)(F)C(F)(F)C(F)(F)C(F)(F)Cl)sc2c1CCC2. The fourth-order valence-corrected chi connectivity index (χ4v) is 4.79. The van der Waals surface area contributed by atoms with E-state index in [-0.39, 0.29) is 41.2 Å². The summed E-state index contributed by atoms with van der Waals surface area (Å²) in [5.74, 6) is -62.5. The van der Waals surface area contributed by atoms with E-state index in [9.17, 15) is 79.8 Å². The molecule has 0 unspecified atom stereocenters. The molecule has 1 N–H and O–H groups in total. The van der Waals surface area contributed by atoms with E-state index in [2.05, 4.69) is 16.3 Å². The molecule has 0 radical (unpaired) electrons. The minimum Gasteiger partial charge on any atom is -0.462 e. The number of halogens is 17. The number of nitrogens with one attached hydrogen (secondary N) is 1. The highest BCUT2D eigenvalue weighted by molar-refractivity contribution is 7.17. The van der Waals surface area contributed by atoms with Gasteiger partial charge in [-0.05, 0) is 43.4 Å². The molecule has 0 bridgehead atoms. The molecule has 0 spiro atoms. The summed E-state index contributed by atoms with van der Waals surface area (Å²) in [6, 6.07) is 0. The first-order chi connectivity index (χ1) is 18.1. The standard InChI is InChI=1S/C19H12ClF16NO3S/c1-2-40-10(38)8-6-4-3-5-7(6)41-9(8)37-11(39)12(21,22)13(23,24)14(25,26)15(27,28)16(29,30)17(31,32)18(33,34)19(20,35)36/h2-5H2,1H3,(H,37,39). The predicted octanol–water partition coefficient (Wildman–Crippen LogP) is 7.63. The average molecular weight is 674 g/mol. The summed E-state index contributed by atoms with van der Waals surface area (Å²) in [6.45, 7) is 0.864. The summed E-state index contributed by atoms with van der Waals surface area (Å²) >= 11 is 3.71. The maximum Gasteiger partial charge on any atom is 0.393 e. The van der Waals surface area contributed by atoms with Crippen LogP contribution in [0.5, 0.6) is 0 Å². The molecular formula is C19H12ClF16NO3S. The van der Waals surface area contributed by atoms with E-state index < -0.39 is 69.3 Å². The lowest BCUT2D eigenvalue weighted by atomic mass is 9.89. The van der Waals surface area contributed by atoms with E-state index in [1.54, 1.807) is 0 Å². The van der Waals surface area contributed by atoms with Gasteiger partial charge in [0.2, 0.25) is 0 Å². The van der Waals surface area contributed by atoms with E-state index in [0.717, 1.165) is 5.32 Å². The summed E-state index contributed by atoms with van der Waals surface area (Å²) in [4.78, 5) is 24.3. The zero-order chi connectivity index (χ0) is 32.4. The van der Waals surface area contributed by atoms with Gasteiger partial charge in [-0.15, -0.1) is 11.3 Å². The summed E-state index contributed by atoms with van der Waals surface area (Å²) in [6.07, 6.45) is 0.501. The van der Waals surface area contributed by atoms with Crippen LogP contribution < -0.4 is 5.32 Å². The molecule has 1 amide bonds. The second kappa shape index (κ2) is 10.2. The van der Waals surface area contributed by atoms with Gasteiger partial charge in [0, 0.05) is 4.88 Å². The largest absolute Gasteiger partial charge is 0.462 e. The third-order valence-electron chi connectivity index (χ3n) is 5.64. The Kier molecular flexibility index (Phi) is 8.72. The lowest BCUT2D eigenvalue weighted by molar-refractivity contribution is -0.445. The first kappa shape index (κ1) is 35.0. The lowest BCUT2D eigenvalue weighted by Gasteiger charge is -2.42. The van der Waals surface area contributed by atoms with Crippen LogP contribution in [-0.4, -0.2) is 65.3 Å². The number of ether oxygens (including phenoxy) is 1. The molecule has 1 aromatic heterocycles. The van der Waals surface area contributed by atoms with Crippen LogP contribution in [0.1, 0.15) is 34.1 Å². The zero-order valence-electron chi connectivity index (χ0n) is 19.4. The predicted molar refractivity (Wildman–Crippen MR) is 106 cm³/mol. The Bertz CT molecular complexity index is 1190. The molecular weight excluding hydrogens is 662 g/mol. The highest BCUT2D eigenvalue weighted by Crippen LogP contribution is 2.64. The number of alkyl halides is 17. The van der Waals surface area contributed by atoms with E-state index in [4.69, 9.17) is 0 Å². The summed E-state index contributed by atoms with van der Waals surface area (Å²) < 4.78 is 223. The third kappa shape index (κ3) is 4.87. The van der Waals surface area contributed by atoms with E-state index in [1.807, 2.05) is 0 Å². The Labute approximate surface area is 225 Å². The van der Waals surface area contributed by atoms with Crippen LogP contribution in [-0.2, 0) is 22.4 Å². The molecule has 4 nitrogen and oxygen atoms in total. The molecule has 0 fully saturated rings. The number of rotatable bonds is 11. The molecule has 1 aliphatic carbocycles. The first-order valence-electron chi connectivity index (χ1n) is 10.4. The van der Waals surface area contributed by atoms with E-state index in [1.165, 1.54) is 6.92 Å². The lowest BCUT2D eigenvalue weighted by Crippen LogP contribution is -2.75. The van der Waals surface area contributed by atoms with E-state index in [0.29, 0.717) is 6.42 Å². The Hall–Kier alpha value is -2.19. The molecule has 1 aliphatic rings. The van der Waals surface area contributed by atoms with Crippen molar-refractivity contribution >= 4 is 39.8 Å². The second-order valence-corrected chi connectivity index (χ2v) is 9.83. The van der Waals surface area contributed by atoms with Crippen molar-refractivity contribution in [1.82, 2.24) is 0 Å². The highest BCUT2D eigenvalue weighted by Gasteiger charge is 2.95. The maximum absolute atomic E-state index is 14.3. The highest BCUT2D eigenvalue weighted by atomic mass is 35.5. The summed E-state index contributed by atoms with van der Waals surface area (Å²) in [5.41, 5.74) is -0.695. The van der Waals surface area contributed by atoms with Crippen LogP contribution in [0.4, 0.5) is 75.2 Å². The molecule has 0 atom stereocenters. The molecule has 0 aromatic carbocycles. The molecule has 2 rings (SSSR count). The topological polar surface area (TPSA) is 55.4 Å². The van der Waals surface area contributed by atoms with Crippen molar-refractivity contribution in [3.05, 3.63) is 16.0 Å². The molecule has 0 saturated heterocycles. The van der Waals surface area contributed by atoms with Gasteiger partial charge in [0.25, 0.3) is 0 Å². The van der Waals surface area contributed by atoms with Crippen molar-refractivity contribution in [2.75, 3.05) is 11.9 Å². The van der Waals surface area contributed by atoms with Crippen molar-refractivity contribution in [3.8, 4) is 0 Å². The normalized spacial score (nSPS) is 16.0. The van der Waals surface area contributed by atoms with Gasteiger partial charge in [-0.1, -0.05) is 0 Å². The van der Waals surface area contributed by atoms with Crippen LogP contribution in [0.3, 0.4) is 0 Å². The van der Waals surface area contributed by atoms with Gasteiger partial charge < -0.3 is 10.1 Å². The number of fused-ring (bicyclic) bond motifs is 1. The van der Waals surface area contributed by atoms with Crippen LogP contribution in [0.15, 0.2) is 0 Å². The van der Waals surface area contributed by atoms with Gasteiger partial charge in [-0.25, -0.2) is 4.79 Å². The number of carbonyl (C=O) groups excluding carboxylic acids is 2. The van der Waals surface area contributed by atoms with Crippen LogP contribution in [0.25, 0.3) is 0 Å². The number of hydrogen-bond acceptors (Lipinski definition) is 4. The Morgan fingerprint density at radius 3 is 1.63 bits per heavy atom. The number of carbonyl (C=O) groups is 2. The monoisotopic (exact) mass is 673 g/mol. The fourth-order valence-electron chi connectivity index (χ4n) is 3.40. The third-order valence-corrected chi connectivity index (χ3v) is 7.08. The number of anilines is 1. The molecule has 41 heavy (non-hydrogen) atoms. The van der Waals surface area contributed by atoms with Crippen molar-refractivity contribution in [2.24, 2.45) is 0 Å². The van der Waals surface area contributed by atoms with Gasteiger partial charge in [0.05, 0.1) is 12.2 Å². The van der Waals surface area contributed by atoms with Gasteiger partial charge in [0.15, 0.2) is 0 Å². The van der Waals surface area contributed by atoms with Gasteiger partial charge in [-0.3, -0.25) is 4.79 Å².